The monoisotopic (exact) mass is 313 g/mol. The van der Waals surface area contributed by atoms with Gasteiger partial charge in [-0.1, -0.05) is 29.8 Å². The lowest BCUT2D eigenvalue weighted by molar-refractivity contribution is -0.121. The maximum absolute atomic E-state index is 11.8. The molecule has 0 atom stereocenters. The van der Waals surface area contributed by atoms with Crippen molar-refractivity contribution in [2.45, 2.75) is 19.9 Å². The molecule has 0 saturated heterocycles. The van der Waals surface area contributed by atoms with E-state index in [2.05, 4.69) is 5.32 Å². The van der Waals surface area contributed by atoms with Gasteiger partial charge in [-0.15, -0.1) is 0 Å². The lowest BCUT2D eigenvalue weighted by Crippen LogP contribution is -2.24. The smallest absolute Gasteiger partial charge is 0.335 e. The summed E-state index contributed by atoms with van der Waals surface area (Å²) in [6, 6.07) is 14.1. The highest BCUT2D eigenvalue weighted by molar-refractivity contribution is 5.87. The molecular weight excluding hydrogens is 294 g/mol. The van der Waals surface area contributed by atoms with Crippen LogP contribution in [0.15, 0.2) is 48.5 Å². The van der Waals surface area contributed by atoms with Crippen LogP contribution in [0.2, 0.25) is 0 Å². The minimum Gasteiger partial charge on any atom is -0.493 e. The van der Waals surface area contributed by atoms with Crippen LogP contribution < -0.4 is 10.1 Å². The first-order valence-electron chi connectivity index (χ1n) is 7.33. The van der Waals surface area contributed by atoms with E-state index in [-0.39, 0.29) is 17.9 Å². The van der Waals surface area contributed by atoms with Gasteiger partial charge in [0, 0.05) is 6.54 Å². The highest BCUT2D eigenvalue weighted by Crippen LogP contribution is 2.11. The Morgan fingerprint density at radius 1 is 1.13 bits per heavy atom. The summed E-state index contributed by atoms with van der Waals surface area (Å²) in [5.41, 5.74) is 2.11. The Hall–Kier alpha value is -2.82. The van der Waals surface area contributed by atoms with E-state index in [1.54, 1.807) is 18.2 Å². The second-order valence-corrected chi connectivity index (χ2v) is 5.19. The SMILES string of the molecule is Cc1ccc(OCCC(=O)NCc2cccc(C(=O)O)c2)cc1. The number of carboxylic acid groups (broad SMARTS) is 1. The van der Waals surface area contributed by atoms with Gasteiger partial charge in [0.2, 0.25) is 5.91 Å². The molecule has 0 fully saturated rings. The number of benzene rings is 2. The zero-order valence-corrected chi connectivity index (χ0v) is 12.9. The summed E-state index contributed by atoms with van der Waals surface area (Å²) < 4.78 is 5.50. The van der Waals surface area contributed by atoms with Crippen molar-refractivity contribution < 1.29 is 19.4 Å². The molecule has 23 heavy (non-hydrogen) atoms. The second kappa shape index (κ2) is 7.98. The summed E-state index contributed by atoms with van der Waals surface area (Å²) in [6.45, 7) is 2.59. The van der Waals surface area contributed by atoms with Gasteiger partial charge in [-0.2, -0.15) is 0 Å². The average Bonchev–Trinajstić information content (AvgIpc) is 2.55. The molecule has 120 valence electrons. The third kappa shape index (κ3) is 5.47. The van der Waals surface area contributed by atoms with E-state index >= 15 is 0 Å². The number of carboxylic acids is 1. The molecular formula is C18H19NO4. The van der Waals surface area contributed by atoms with E-state index in [9.17, 15) is 9.59 Å². The maximum Gasteiger partial charge on any atom is 0.335 e. The standard InChI is InChI=1S/C18H19NO4/c1-13-5-7-16(8-6-13)23-10-9-17(20)19-12-14-3-2-4-15(11-14)18(21)22/h2-8,11H,9-10,12H2,1H3,(H,19,20)(H,21,22). The molecule has 1 amide bonds. The van der Waals surface area contributed by atoms with Crippen molar-refractivity contribution >= 4 is 11.9 Å². The molecule has 5 heteroatoms. The van der Waals surface area contributed by atoms with Crippen molar-refractivity contribution in [3.63, 3.8) is 0 Å². The van der Waals surface area contributed by atoms with Gasteiger partial charge in [-0.05, 0) is 36.8 Å². The number of carbonyl (C=O) groups is 2. The Bertz CT molecular complexity index is 680. The van der Waals surface area contributed by atoms with E-state index in [4.69, 9.17) is 9.84 Å². The highest BCUT2D eigenvalue weighted by atomic mass is 16.5. The normalized spacial score (nSPS) is 10.1. The molecule has 5 nitrogen and oxygen atoms in total. The number of hydrogen-bond acceptors (Lipinski definition) is 3. The topological polar surface area (TPSA) is 75.6 Å². The quantitative estimate of drug-likeness (QED) is 0.824. The summed E-state index contributed by atoms with van der Waals surface area (Å²) in [6.07, 6.45) is 0.243. The largest absolute Gasteiger partial charge is 0.493 e. The molecule has 0 aliphatic heterocycles. The predicted molar refractivity (Wildman–Crippen MR) is 86.5 cm³/mol. The molecule has 0 saturated carbocycles. The van der Waals surface area contributed by atoms with E-state index in [1.165, 1.54) is 6.07 Å². The van der Waals surface area contributed by atoms with Crippen molar-refractivity contribution in [2.75, 3.05) is 6.61 Å². The summed E-state index contributed by atoms with van der Waals surface area (Å²) in [7, 11) is 0. The second-order valence-electron chi connectivity index (χ2n) is 5.19. The molecule has 0 aliphatic rings. The lowest BCUT2D eigenvalue weighted by atomic mass is 10.1. The first kappa shape index (κ1) is 16.5. The Morgan fingerprint density at radius 2 is 1.87 bits per heavy atom. The number of rotatable bonds is 7. The van der Waals surface area contributed by atoms with Crippen LogP contribution in [-0.2, 0) is 11.3 Å². The highest BCUT2D eigenvalue weighted by Gasteiger charge is 2.05. The third-order valence-corrected chi connectivity index (χ3v) is 3.28. The van der Waals surface area contributed by atoms with Gasteiger partial charge in [0.05, 0.1) is 18.6 Å². The molecule has 0 radical (unpaired) electrons. The van der Waals surface area contributed by atoms with Gasteiger partial charge in [0.25, 0.3) is 0 Å². The van der Waals surface area contributed by atoms with Crippen LogP contribution in [0.25, 0.3) is 0 Å². The molecule has 2 aromatic rings. The molecule has 0 bridgehead atoms. The summed E-state index contributed by atoms with van der Waals surface area (Å²) in [4.78, 5) is 22.7. The van der Waals surface area contributed by atoms with Crippen molar-refractivity contribution in [3.8, 4) is 5.75 Å². The number of nitrogens with one attached hydrogen (secondary N) is 1. The molecule has 0 aromatic heterocycles. The van der Waals surface area contributed by atoms with Gasteiger partial charge in [0.1, 0.15) is 5.75 Å². The number of aromatic carboxylic acids is 1. The van der Waals surface area contributed by atoms with Gasteiger partial charge >= 0.3 is 5.97 Å². The summed E-state index contributed by atoms with van der Waals surface area (Å²) >= 11 is 0. The number of amides is 1. The lowest BCUT2D eigenvalue weighted by Gasteiger charge is -2.08. The zero-order chi connectivity index (χ0) is 16.7. The fraction of sp³-hybridized carbons (Fsp3) is 0.222. The molecule has 0 heterocycles. The van der Waals surface area contributed by atoms with Gasteiger partial charge in [0.15, 0.2) is 0 Å². The number of carbonyl (C=O) groups excluding carboxylic acids is 1. The van der Waals surface area contributed by atoms with E-state index in [1.807, 2.05) is 31.2 Å². The predicted octanol–water partition coefficient (Wildman–Crippen LogP) is 2.78. The van der Waals surface area contributed by atoms with Crippen molar-refractivity contribution in [1.29, 1.82) is 0 Å². The molecule has 0 unspecified atom stereocenters. The van der Waals surface area contributed by atoms with Gasteiger partial charge in [-0.3, -0.25) is 4.79 Å². The third-order valence-electron chi connectivity index (χ3n) is 3.28. The van der Waals surface area contributed by atoms with E-state index < -0.39 is 5.97 Å². The fourth-order valence-electron chi connectivity index (χ4n) is 2.00. The van der Waals surface area contributed by atoms with Crippen LogP contribution in [0.5, 0.6) is 5.75 Å². The first-order chi connectivity index (χ1) is 11.0. The first-order valence-corrected chi connectivity index (χ1v) is 7.33. The Labute approximate surface area is 134 Å². The molecule has 2 rings (SSSR count). The van der Waals surface area contributed by atoms with Crippen LogP contribution in [0.1, 0.15) is 27.9 Å². The minimum atomic E-state index is -0.982. The number of aryl methyl sites for hydroxylation is 1. The summed E-state index contributed by atoms with van der Waals surface area (Å²) in [5.74, 6) is -0.389. The van der Waals surface area contributed by atoms with Crippen LogP contribution in [0, 0.1) is 6.92 Å². The van der Waals surface area contributed by atoms with Gasteiger partial charge in [-0.25, -0.2) is 4.79 Å². The molecule has 0 aliphatic carbocycles. The average molecular weight is 313 g/mol. The van der Waals surface area contributed by atoms with E-state index in [0.717, 1.165) is 16.9 Å². The fourth-order valence-corrected chi connectivity index (χ4v) is 2.00. The minimum absolute atomic E-state index is 0.141. The van der Waals surface area contributed by atoms with Crippen LogP contribution >= 0.6 is 0 Å². The molecule has 2 aromatic carbocycles. The number of hydrogen-bond donors (Lipinski definition) is 2. The Kier molecular flexibility index (Phi) is 5.74. The van der Waals surface area contributed by atoms with Crippen LogP contribution in [-0.4, -0.2) is 23.6 Å². The number of ether oxygens (including phenoxy) is 1. The molecule has 2 N–H and O–H groups in total. The molecule has 0 spiro atoms. The van der Waals surface area contributed by atoms with Crippen LogP contribution in [0.3, 0.4) is 0 Å². The van der Waals surface area contributed by atoms with Crippen molar-refractivity contribution in [1.82, 2.24) is 5.32 Å². The maximum atomic E-state index is 11.8. The Morgan fingerprint density at radius 3 is 2.57 bits per heavy atom. The Balaban J connectivity index is 1.73. The van der Waals surface area contributed by atoms with E-state index in [0.29, 0.717) is 13.2 Å². The van der Waals surface area contributed by atoms with Crippen molar-refractivity contribution in [3.05, 3.63) is 65.2 Å². The van der Waals surface area contributed by atoms with Crippen LogP contribution in [0.4, 0.5) is 0 Å². The zero-order valence-electron chi connectivity index (χ0n) is 12.9. The summed E-state index contributed by atoms with van der Waals surface area (Å²) in [5, 5.41) is 11.7. The van der Waals surface area contributed by atoms with Gasteiger partial charge < -0.3 is 15.2 Å². The van der Waals surface area contributed by atoms with Crippen molar-refractivity contribution in [2.24, 2.45) is 0 Å².